The van der Waals surface area contributed by atoms with Crippen molar-refractivity contribution in [2.24, 2.45) is 0 Å². The van der Waals surface area contributed by atoms with Crippen molar-refractivity contribution in [2.45, 2.75) is 38.8 Å². The lowest BCUT2D eigenvalue weighted by Gasteiger charge is -2.25. The molecule has 142 valence electrons. The first-order chi connectivity index (χ1) is 13.0. The van der Waals surface area contributed by atoms with E-state index < -0.39 is 0 Å². The average Bonchev–Trinajstić information content (AvgIpc) is 3.28. The van der Waals surface area contributed by atoms with Gasteiger partial charge in [0, 0.05) is 43.6 Å². The fourth-order valence-corrected chi connectivity index (χ4v) is 3.65. The van der Waals surface area contributed by atoms with Gasteiger partial charge in [-0.05, 0) is 38.8 Å². The number of rotatable bonds is 4. The summed E-state index contributed by atoms with van der Waals surface area (Å²) in [4.78, 5) is 31.2. The Morgan fingerprint density at radius 2 is 2.30 bits per heavy atom. The van der Waals surface area contributed by atoms with E-state index in [0.29, 0.717) is 10.8 Å². The molecule has 3 aromatic rings. The van der Waals surface area contributed by atoms with Crippen molar-refractivity contribution in [3.05, 3.63) is 35.7 Å². The maximum Gasteiger partial charge on any atom is 0.242 e. The van der Waals surface area contributed by atoms with Crippen molar-refractivity contribution < 1.29 is 6.22 Å². The molecule has 0 spiro atoms. The first kappa shape index (κ1) is 17.7. The number of nitrogens with zero attached hydrogens (tertiary/aromatic N) is 4. The van der Waals surface area contributed by atoms with Gasteiger partial charge in [0.05, 0.1) is 5.02 Å². The number of anilines is 1. The van der Waals surface area contributed by atoms with Crippen LogP contribution in [0.2, 0.25) is 5.02 Å². The molecule has 1 saturated heterocycles. The number of fused-ring (bicyclic) bond motifs is 1. The zero-order valence-electron chi connectivity index (χ0n) is 15.2. The second kappa shape index (κ2) is 7.15. The van der Waals surface area contributed by atoms with Crippen LogP contribution in [0.1, 0.15) is 28.1 Å². The first-order valence-electron chi connectivity index (χ1n) is 9.06. The Hall–Kier alpha value is -2.67. The van der Waals surface area contributed by atoms with Crippen molar-refractivity contribution >= 4 is 34.4 Å². The minimum Gasteiger partial charge on any atom is -0.352 e. The van der Waals surface area contributed by atoms with Gasteiger partial charge in [0.2, 0.25) is 5.91 Å². The molecule has 0 aromatic carbocycles. The Morgan fingerprint density at radius 3 is 3.11 bits per heavy atom. The monoisotopic (exact) mass is 386 g/mol. The lowest BCUT2D eigenvalue weighted by atomic mass is 10.2. The molecule has 1 atom stereocenters. The van der Waals surface area contributed by atoms with Gasteiger partial charge >= 0.3 is 0 Å². The molecule has 27 heavy (non-hydrogen) atoms. The number of H-pyrrole nitrogens is 1. The molecule has 0 aliphatic carbocycles. The summed E-state index contributed by atoms with van der Waals surface area (Å²) in [6.45, 7) is 4.74. The van der Waals surface area contributed by atoms with Crippen LogP contribution in [0.15, 0.2) is 30.7 Å². The fraction of sp³-hybridized carbons (Fsp3) is 0.368. The number of aromatic nitrogens is 4. The molecule has 1 aliphatic rings. The van der Waals surface area contributed by atoms with E-state index in [-0.39, 0.29) is 19.4 Å². The number of halogens is 1. The van der Waals surface area contributed by atoms with Crippen molar-refractivity contribution in [1.82, 2.24) is 25.3 Å². The number of hydrogen-bond donors (Lipinski definition) is 2. The largest absolute Gasteiger partial charge is 0.352 e. The summed E-state index contributed by atoms with van der Waals surface area (Å²) in [6, 6.07) is 3.61. The van der Waals surface area contributed by atoms with Crippen LogP contribution in [0.25, 0.3) is 22.4 Å². The molecule has 1 amide bonds. The minimum atomic E-state index is -0.200. The lowest BCUT2D eigenvalue weighted by molar-refractivity contribution is -0.122. The SMILES string of the molecule is CC(C)NC(=O)[C@H]1CCCN1c1ccnc(-c2c[nH]c3ncc(Cl)cc23)n1.[HH]. The second-order valence-corrected chi connectivity index (χ2v) is 7.44. The number of hydrogen-bond acceptors (Lipinski definition) is 5. The molecule has 8 heteroatoms. The Kier molecular flexibility index (Phi) is 4.70. The summed E-state index contributed by atoms with van der Waals surface area (Å²) in [5.74, 6) is 1.38. The molecule has 0 saturated carbocycles. The Morgan fingerprint density at radius 1 is 1.44 bits per heavy atom. The minimum absolute atomic E-state index is 0. The van der Waals surface area contributed by atoms with Crippen LogP contribution >= 0.6 is 11.6 Å². The molecule has 1 aliphatic heterocycles. The summed E-state index contributed by atoms with van der Waals surface area (Å²) < 4.78 is 0. The maximum atomic E-state index is 12.5. The third-order valence-corrected chi connectivity index (χ3v) is 4.87. The summed E-state index contributed by atoms with van der Waals surface area (Å²) in [5.41, 5.74) is 1.57. The standard InChI is InChI=1S/C19H21ClN6O.H2/c1-11(2)24-19(27)15-4-3-7-26(15)16-5-6-21-18(25-16)14-10-23-17-13(14)8-12(20)9-22-17;/h5-6,8-11,15H,3-4,7H2,1-2H3,(H,22,23)(H,24,27);1H/t15-;/m1./s1. The highest BCUT2D eigenvalue weighted by Crippen LogP contribution is 2.30. The van der Waals surface area contributed by atoms with Gasteiger partial charge in [-0.1, -0.05) is 11.6 Å². The molecule has 1 fully saturated rings. The fourth-order valence-electron chi connectivity index (χ4n) is 3.50. The smallest absolute Gasteiger partial charge is 0.242 e. The van der Waals surface area contributed by atoms with Gasteiger partial charge in [0.25, 0.3) is 0 Å². The van der Waals surface area contributed by atoms with E-state index in [2.05, 4.69) is 25.2 Å². The summed E-state index contributed by atoms with van der Waals surface area (Å²) in [6.07, 6.45) is 6.94. The summed E-state index contributed by atoms with van der Waals surface area (Å²) >= 11 is 6.10. The highest BCUT2D eigenvalue weighted by Gasteiger charge is 2.32. The second-order valence-electron chi connectivity index (χ2n) is 7.01. The average molecular weight is 387 g/mol. The van der Waals surface area contributed by atoms with E-state index >= 15 is 0 Å². The zero-order chi connectivity index (χ0) is 19.0. The van der Waals surface area contributed by atoms with Crippen molar-refractivity contribution in [3.8, 4) is 11.4 Å². The quantitative estimate of drug-likeness (QED) is 0.717. The Bertz CT molecular complexity index is 991. The molecule has 3 aromatic heterocycles. The normalized spacial score (nSPS) is 17.0. The van der Waals surface area contributed by atoms with Crippen LogP contribution in [0.4, 0.5) is 5.82 Å². The maximum absolute atomic E-state index is 12.5. The van der Waals surface area contributed by atoms with Crippen LogP contribution in [0.3, 0.4) is 0 Å². The van der Waals surface area contributed by atoms with Crippen LogP contribution in [-0.2, 0) is 4.79 Å². The molecule has 7 nitrogen and oxygen atoms in total. The van der Waals surface area contributed by atoms with E-state index in [1.807, 2.05) is 32.2 Å². The number of nitrogens with one attached hydrogen (secondary N) is 2. The van der Waals surface area contributed by atoms with Crippen LogP contribution in [-0.4, -0.2) is 44.5 Å². The highest BCUT2D eigenvalue weighted by molar-refractivity contribution is 6.31. The molecule has 0 unspecified atom stereocenters. The van der Waals surface area contributed by atoms with Crippen molar-refractivity contribution in [3.63, 3.8) is 0 Å². The Labute approximate surface area is 163 Å². The van der Waals surface area contributed by atoms with Gasteiger partial charge < -0.3 is 15.2 Å². The molecule has 0 bridgehead atoms. The van der Waals surface area contributed by atoms with Gasteiger partial charge in [-0.25, -0.2) is 15.0 Å². The van der Waals surface area contributed by atoms with E-state index in [0.717, 1.165) is 41.8 Å². The Balaban J connectivity index is 0.00000225. The molecule has 0 radical (unpaired) electrons. The number of pyridine rings is 1. The number of amides is 1. The van der Waals surface area contributed by atoms with E-state index in [1.165, 1.54) is 0 Å². The molecule has 4 heterocycles. The zero-order valence-corrected chi connectivity index (χ0v) is 16.0. The molecule has 4 rings (SSSR count). The van der Waals surface area contributed by atoms with Gasteiger partial charge in [-0.15, -0.1) is 0 Å². The van der Waals surface area contributed by atoms with E-state index in [9.17, 15) is 4.79 Å². The van der Waals surface area contributed by atoms with Gasteiger partial charge in [-0.3, -0.25) is 4.79 Å². The lowest BCUT2D eigenvalue weighted by Crippen LogP contribution is -2.45. The predicted octanol–water partition coefficient (Wildman–Crippen LogP) is 3.41. The number of carbonyl (C=O) groups excluding carboxylic acids is 1. The first-order valence-corrected chi connectivity index (χ1v) is 9.44. The van der Waals surface area contributed by atoms with E-state index in [1.54, 1.807) is 12.4 Å². The van der Waals surface area contributed by atoms with Crippen LogP contribution < -0.4 is 10.2 Å². The topological polar surface area (TPSA) is 86.8 Å². The van der Waals surface area contributed by atoms with Crippen molar-refractivity contribution in [2.75, 3.05) is 11.4 Å². The van der Waals surface area contributed by atoms with Gasteiger partial charge in [-0.2, -0.15) is 0 Å². The summed E-state index contributed by atoms with van der Waals surface area (Å²) in [7, 11) is 0. The predicted molar refractivity (Wildman–Crippen MR) is 108 cm³/mol. The van der Waals surface area contributed by atoms with Crippen LogP contribution in [0, 0.1) is 0 Å². The third kappa shape index (κ3) is 3.47. The highest BCUT2D eigenvalue weighted by atomic mass is 35.5. The summed E-state index contributed by atoms with van der Waals surface area (Å²) in [5, 5.41) is 4.44. The van der Waals surface area contributed by atoms with Crippen molar-refractivity contribution in [1.29, 1.82) is 0 Å². The number of aromatic amines is 1. The van der Waals surface area contributed by atoms with E-state index in [4.69, 9.17) is 16.6 Å². The molecule has 2 N–H and O–H groups in total. The van der Waals surface area contributed by atoms with Gasteiger partial charge in [0.15, 0.2) is 5.82 Å². The molecular formula is C19H23ClN6O. The molecular weight excluding hydrogens is 364 g/mol. The van der Waals surface area contributed by atoms with Gasteiger partial charge in [0.1, 0.15) is 17.5 Å². The number of carbonyl (C=O) groups is 1. The third-order valence-electron chi connectivity index (χ3n) is 4.66. The van der Waals surface area contributed by atoms with Crippen LogP contribution in [0.5, 0.6) is 0 Å².